The summed E-state index contributed by atoms with van der Waals surface area (Å²) in [5.41, 5.74) is 2.90. The van der Waals surface area contributed by atoms with E-state index in [0.717, 1.165) is 11.3 Å². The fourth-order valence-electron chi connectivity index (χ4n) is 4.18. The summed E-state index contributed by atoms with van der Waals surface area (Å²) in [7, 11) is 0. The topological polar surface area (TPSA) is 38.8 Å². The highest BCUT2D eigenvalue weighted by Crippen LogP contribution is 2.36. The van der Waals surface area contributed by atoms with Crippen molar-refractivity contribution in [3.05, 3.63) is 102 Å². The summed E-state index contributed by atoms with van der Waals surface area (Å²) in [6.45, 7) is 11.2. The van der Waals surface area contributed by atoms with Crippen LogP contribution >= 0.6 is 0 Å². The van der Waals surface area contributed by atoms with Gasteiger partial charge in [-0.25, -0.2) is 0 Å². The Kier molecular flexibility index (Phi) is 8.89. The molecule has 4 nitrogen and oxygen atoms in total. The minimum atomic E-state index is -0.538. The predicted octanol–water partition coefficient (Wildman–Crippen LogP) is 7.12. The van der Waals surface area contributed by atoms with Crippen molar-refractivity contribution in [3.63, 3.8) is 0 Å². The first-order valence-electron chi connectivity index (χ1n) is 12.1. The van der Waals surface area contributed by atoms with Gasteiger partial charge >= 0.3 is 5.97 Å². The molecule has 0 saturated heterocycles. The van der Waals surface area contributed by atoms with Crippen LogP contribution in [0.2, 0.25) is 0 Å². The zero-order valence-electron chi connectivity index (χ0n) is 21.0. The van der Waals surface area contributed by atoms with Gasteiger partial charge in [0.25, 0.3) is 0 Å². The first-order chi connectivity index (χ1) is 16.3. The highest BCUT2D eigenvalue weighted by molar-refractivity contribution is 5.71. The van der Waals surface area contributed by atoms with Crippen LogP contribution in [0.25, 0.3) is 0 Å². The van der Waals surface area contributed by atoms with Crippen LogP contribution in [-0.4, -0.2) is 23.1 Å². The number of nitrogens with zero attached hydrogens (tertiary/aromatic N) is 1. The van der Waals surface area contributed by atoms with Crippen LogP contribution in [0.1, 0.15) is 69.8 Å². The summed E-state index contributed by atoms with van der Waals surface area (Å²) in [5.74, 6) is 0.596. The molecule has 0 aliphatic heterocycles. The van der Waals surface area contributed by atoms with Crippen molar-refractivity contribution in [1.29, 1.82) is 0 Å². The van der Waals surface area contributed by atoms with Gasteiger partial charge < -0.3 is 9.47 Å². The second-order valence-electron chi connectivity index (χ2n) is 9.56. The molecule has 2 atom stereocenters. The molecule has 3 aromatic rings. The maximum absolute atomic E-state index is 13.1. The highest BCUT2D eigenvalue weighted by Gasteiger charge is 2.30. The number of carbonyl (C=O) groups is 1. The smallest absolute Gasteiger partial charge is 0.308 e. The second kappa shape index (κ2) is 11.8. The van der Waals surface area contributed by atoms with Crippen LogP contribution < -0.4 is 4.74 Å². The first-order valence-corrected chi connectivity index (χ1v) is 12.1. The lowest BCUT2D eigenvalue weighted by Crippen LogP contribution is -2.34. The minimum Gasteiger partial charge on any atom is -0.494 e. The van der Waals surface area contributed by atoms with Gasteiger partial charge in [-0.1, -0.05) is 72.8 Å². The van der Waals surface area contributed by atoms with Crippen molar-refractivity contribution in [3.8, 4) is 5.75 Å². The molecule has 0 aromatic heterocycles. The van der Waals surface area contributed by atoms with Gasteiger partial charge in [0.15, 0.2) is 0 Å². The predicted molar refractivity (Wildman–Crippen MR) is 138 cm³/mol. The molecule has 0 saturated carbocycles. The van der Waals surface area contributed by atoms with Crippen molar-refractivity contribution >= 4 is 5.97 Å². The van der Waals surface area contributed by atoms with E-state index >= 15 is 0 Å². The summed E-state index contributed by atoms with van der Waals surface area (Å²) in [4.78, 5) is 15.5. The van der Waals surface area contributed by atoms with E-state index in [2.05, 4.69) is 66.4 Å². The van der Waals surface area contributed by atoms with Crippen molar-refractivity contribution in [2.75, 3.05) is 6.61 Å². The van der Waals surface area contributed by atoms with Gasteiger partial charge in [-0.05, 0) is 63.4 Å². The molecule has 4 heteroatoms. The summed E-state index contributed by atoms with van der Waals surface area (Å²) in [6, 6.07) is 28.8. The molecule has 0 aliphatic rings. The molecule has 0 aliphatic carbocycles. The SMILES string of the molecule is CCOc1cccc(C(CC(=O)OC(C)(C)C)N(Cc2ccccc2)C(C)c2ccccc2)c1. The number of hydrogen-bond acceptors (Lipinski definition) is 4. The van der Waals surface area contributed by atoms with Gasteiger partial charge in [-0.3, -0.25) is 9.69 Å². The third-order valence-electron chi connectivity index (χ3n) is 5.72. The number of carbonyl (C=O) groups excluding carboxylic acids is 1. The van der Waals surface area contributed by atoms with E-state index in [-0.39, 0.29) is 24.5 Å². The van der Waals surface area contributed by atoms with E-state index in [1.165, 1.54) is 11.1 Å². The average Bonchev–Trinajstić information content (AvgIpc) is 2.81. The fourth-order valence-corrected chi connectivity index (χ4v) is 4.18. The fraction of sp³-hybridized carbons (Fsp3) is 0.367. The van der Waals surface area contributed by atoms with Gasteiger partial charge in [0.1, 0.15) is 11.4 Å². The molecule has 0 N–H and O–H groups in total. The molecule has 0 radical (unpaired) electrons. The van der Waals surface area contributed by atoms with E-state index in [1.807, 2.05) is 58.0 Å². The number of esters is 1. The summed E-state index contributed by atoms with van der Waals surface area (Å²) >= 11 is 0. The number of benzene rings is 3. The van der Waals surface area contributed by atoms with Crippen molar-refractivity contribution in [1.82, 2.24) is 4.90 Å². The molecular formula is C30H37NO3. The summed E-state index contributed by atoms with van der Waals surface area (Å²) < 4.78 is 11.5. The van der Waals surface area contributed by atoms with Crippen LogP contribution in [0.3, 0.4) is 0 Å². The molecular weight excluding hydrogens is 422 g/mol. The van der Waals surface area contributed by atoms with E-state index in [1.54, 1.807) is 0 Å². The Morgan fingerprint density at radius 3 is 2.12 bits per heavy atom. The molecule has 34 heavy (non-hydrogen) atoms. The Hall–Kier alpha value is -3.11. The molecule has 0 fully saturated rings. The standard InChI is InChI=1S/C30H37NO3/c1-6-33-27-19-13-18-26(20-27)28(21-29(32)34-30(3,4)5)31(22-24-14-9-7-10-15-24)23(2)25-16-11-8-12-17-25/h7-20,23,28H,6,21-22H2,1-5H3. The Morgan fingerprint density at radius 1 is 0.882 bits per heavy atom. The normalized spacial score (nSPS) is 13.4. The van der Waals surface area contributed by atoms with Crippen molar-refractivity contribution < 1.29 is 14.3 Å². The molecule has 0 spiro atoms. The number of ether oxygens (including phenoxy) is 2. The summed E-state index contributed by atoms with van der Waals surface area (Å²) in [6.07, 6.45) is 0.247. The number of hydrogen-bond donors (Lipinski definition) is 0. The maximum atomic E-state index is 13.1. The molecule has 180 valence electrons. The maximum Gasteiger partial charge on any atom is 0.308 e. The van der Waals surface area contributed by atoms with Gasteiger partial charge in [-0.2, -0.15) is 0 Å². The van der Waals surface area contributed by atoms with Crippen LogP contribution in [0, 0.1) is 0 Å². The second-order valence-corrected chi connectivity index (χ2v) is 9.56. The zero-order valence-corrected chi connectivity index (χ0v) is 21.0. The van der Waals surface area contributed by atoms with Gasteiger partial charge in [0.05, 0.1) is 13.0 Å². The molecule has 0 amide bonds. The minimum absolute atomic E-state index is 0.0737. The van der Waals surface area contributed by atoms with Crippen molar-refractivity contribution in [2.24, 2.45) is 0 Å². The Morgan fingerprint density at radius 2 is 1.50 bits per heavy atom. The third-order valence-corrected chi connectivity index (χ3v) is 5.72. The van der Waals surface area contributed by atoms with Gasteiger partial charge in [-0.15, -0.1) is 0 Å². The molecule has 3 rings (SSSR count). The first kappa shape index (κ1) is 25.5. The molecule has 0 bridgehead atoms. The lowest BCUT2D eigenvalue weighted by atomic mass is 9.96. The number of rotatable bonds is 10. The zero-order chi connectivity index (χ0) is 24.6. The van der Waals surface area contributed by atoms with Gasteiger partial charge in [0, 0.05) is 18.6 Å². The third kappa shape index (κ3) is 7.46. The van der Waals surface area contributed by atoms with E-state index in [4.69, 9.17) is 9.47 Å². The van der Waals surface area contributed by atoms with Crippen LogP contribution in [0.15, 0.2) is 84.9 Å². The van der Waals surface area contributed by atoms with Gasteiger partial charge in [0.2, 0.25) is 0 Å². The molecule has 0 heterocycles. The lowest BCUT2D eigenvalue weighted by Gasteiger charge is -2.37. The Balaban J connectivity index is 2.05. The molecule has 3 aromatic carbocycles. The van der Waals surface area contributed by atoms with Crippen LogP contribution in [0.4, 0.5) is 0 Å². The molecule has 2 unspecified atom stereocenters. The van der Waals surface area contributed by atoms with E-state index in [0.29, 0.717) is 13.2 Å². The Bertz CT molecular complexity index is 1030. The largest absolute Gasteiger partial charge is 0.494 e. The average molecular weight is 460 g/mol. The van der Waals surface area contributed by atoms with Crippen LogP contribution in [0.5, 0.6) is 5.75 Å². The lowest BCUT2D eigenvalue weighted by molar-refractivity contribution is -0.156. The van der Waals surface area contributed by atoms with E-state index < -0.39 is 5.60 Å². The monoisotopic (exact) mass is 459 g/mol. The highest BCUT2D eigenvalue weighted by atomic mass is 16.6. The van der Waals surface area contributed by atoms with Crippen molar-refractivity contribution in [2.45, 2.75) is 65.3 Å². The summed E-state index contributed by atoms with van der Waals surface area (Å²) in [5, 5.41) is 0. The van der Waals surface area contributed by atoms with E-state index in [9.17, 15) is 4.79 Å². The van der Waals surface area contributed by atoms with Crippen LogP contribution in [-0.2, 0) is 16.1 Å². The quantitative estimate of drug-likeness (QED) is 0.303. The Labute approximate surface area is 204 Å².